The molecule has 3 atom stereocenters. The lowest BCUT2D eigenvalue weighted by atomic mass is 9.84. The number of hydrogen-bond donors (Lipinski definition) is 2. The molecule has 2 heterocycles. The molecule has 2 aliphatic heterocycles. The Morgan fingerprint density at radius 2 is 2.10 bits per heavy atom. The van der Waals surface area contributed by atoms with Crippen molar-refractivity contribution >= 4 is 5.97 Å². The zero-order valence-corrected chi connectivity index (χ0v) is 13.0. The summed E-state index contributed by atoms with van der Waals surface area (Å²) in [6, 6.07) is 0.462. The molecule has 5 nitrogen and oxygen atoms in total. The van der Waals surface area contributed by atoms with E-state index in [1.165, 1.54) is 25.8 Å². The summed E-state index contributed by atoms with van der Waals surface area (Å²) in [6.45, 7) is 7.92. The Kier molecular flexibility index (Phi) is 5.41. The van der Waals surface area contributed by atoms with Crippen LogP contribution in [0.2, 0.25) is 0 Å². The average Bonchev–Trinajstić information content (AvgIpc) is 2.37. The van der Waals surface area contributed by atoms with Gasteiger partial charge in [-0.2, -0.15) is 0 Å². The van der Waals surface area contributed by atoms with Crippen molar-refractivity contribution in [3.05, 3.63) is 0 Å². The Hall–Kier alpha value is -0.650. The van der Waals surface area contributed by atoms with Crippen molar-refractivity contribution < 1.29 is 9.90 Å². The molecule has 0 aromatic rings. The van der Waals surface area contributed by atoms with E-state index >= 15 is 0 Å². The van der Waals surface area contributed by atoms with Crippen LogP contribution in [0.15, 0.2) is 0 Å². The SMILES string of the molecule is CC(C)NC(CN1CCC2C(CCCN2C)C1)C(=O)O. The summed E-state index contributed by atoms with van der Waals surface area (Å²) in [5.74, 6) is -0.0161. The molecule has 0 amide bonds. The number of carboxylic acid groups (broad SMARTS) is 1. The molecule has 0 aromatic heterocycles. The Balaban J connectivity index is 1.89. The predicted molar refractivity (Wildman–Crippen MR) is 79.9 cm³/mol. The second-order valence-electron chi connectivity index (χ2n) is 6.71. The predicted octanol–water partition coefficient (Wildman–Crippen LogP) is 0.854. The van der Waals surface area contributed by atoms with Crippen molar-refractivity contribution in [3.63, 3.8) is 0 Å². The monoisotopic (exact) mass is 283 g/mol. The Morgan fingerprint density at radius 1 is 1.35 bits per heavy atom. The van der Waals surface area contributed by atoms with Gasteiger partial charge < -0.3 is 20.2 Å². The molecular formula is C15H29N3O2. The maximum absolute atomic E-state index is 11.3. The zero-order chi connectivity index (χ0) is 14.7. The first-order valence-corrected chi connectivity index (χ1v) is 7.89. The minimum Gasteiger partial charge on any atom is -0.480 e. The molecule has 2 rings (SSSR count). The topological polar surface area (TPSA) is 55.8 Å². The van der Waals surface area contributed by atoms with Gasteiger partial charge in [0.05, 0.1) is 0 Å². The standard InChI is InChI=1S/C15H29N3O2/c1-11(2)16-13(15(19)20)10-18-8-6-14-12(9-18)5-4-7-17(14)3/h11-14,16H,4-10H2,1-3H3,(H,19,20). The fourth-order valence-corrected chi connectivity index (χ4v) is 3.76. The van der Waals surface area contributed by atoms with Gasteiger partial charge in [-0.05, 0) is 45.3 Å². The van der Waals surface area contributed by atoms with E-state index in [4.69, 9.17) is 0 Å². The second-order valence-corrected chi connectivity index (χ2v) is 6.71. The number of fused-ring (bicyclic) bond motifs is 1. The van der Waals surface area contributed by atoms with Crippen molar-refractivity contribution in [1.29, 1.82) is 0 Å². The third-order valence-electron chi connectivity index (χ3n) is 4.70. The lowest BCUT2D eigenvalue weighted by molar-refractivity contribution is -0.140. The molecule has 2 N–H and O–H groups in total. The molecule has 0 saturated carbocycles. The van der Waals surface area contributed by atoms with Crippen molar-refractivity contribution in [1.82, 2.24) is 15.1 Å². The van der Waals surface area contributed by atoms with Gasteiger partial charge in [-0.25, -0.2) is 0 Å². The molecule has 2 aliphatic rings. The van der Waals surface area contributed by atoms with Crippen molar-refractivity contribution in [2.75, 3.05) is 33.2 Å². The van der Waals surface area contributed by atoms with Gasteiger partial charge >= 0.3 is 5.97 Å². The molecular weight excluding hydrogens is 254 g/mol. The summed E-state index contributed by atoms with van der Waals surface area (Å²) in [5.41, 5.74) is 0. The normalized spacial score (nSPS) is 30.2. The van der Waals surface area contributed by atoms with Crippen LogP contribution in [-0.2, 0) is 4.79 Å². The van der Waals surface area contributed by atoms with Crippen molar-refractivity contribution in [2.24, 2.45) is 5.92 Å². The van der Waals surface area contributed by atoms with E-state index in [0.29, 0.717) is 12.6 Å². The van der Waals surface area contributed by atoms with Gasteiger partial charge in [0.2, 0.25) is 0 Å². The lowest BCUT2D eigenvalue weighted by Gasteiger charge is -2.46. The number of piperidine rings is 2. The molecule has 0 spiro atoms. The number of nitrogens with one attached hydrogen (secondary N) is 1. The summed E-state index contributed by atoms with van der Waals surface area (Å²) in [4.78, 5) is 16.2. The number of rotatable bonds is 5. The van der Waals surface area contributed by atoms with Gasteiger partial charge in [0, 0.05) is 25.2 Å². The molecule has 0 bridgehead atoms. The molecule has 2 fully saturated rings. The lowest BCUT2D eigenvalue weighted by Crippen LogP contribution is -2.56. The summed E-state index contributed by atoms with van der Waals surface area (Å²) >= 11 is 0. The van der Waals surface area contributed by atoms with Crippen LogP contribution in [0.1, 0.15) is 33.1 Å². The highest BCUT2D eigenvalue weighted by molar-refractivity contribution is 5.73. The molecule has 0 aliphatic carbocycles. The number of carbonyl (C=O) groups is 1. The number of hydrogen-bond acceptors (Lipinski definition) is 4. The van der Waals surface area contributed by atoms with Gasteiger partial charge in [-0.3, -0.25) is 4.79 Å². The van der Waals surface area contributed by atoms with E-state index in [2.05, 4.69) is 22.2 Å². The fraction of sp³-hybridized carbons (Fsp3) is 0.933. The highest BCUT2D eigenvalue weighted by Crippen LogP contribution is 2.29. The third-order valence-corrected chi connectivity index (χ3v) is 4.70. The highest BCUT2D eigenvalue weighted by atomic mass is 16.4. The van der Waals surface area contributed by atoms with Crippen LogP contribution in [0.25, 0.3) is 0 Å². The van der Waals surface area contributed by atoms with Gasteiger partial charge in [0.1, 0.15) is 6.04 Å². The van der Waals surface area contributed by atoms with Gasteiger partial charge in [-0.1, -0.05) is 13.8 Å². The molecule has 2 saturated heterocycles. The summed E-state index contributed by atoms with van der Waals surface area (Å²) in [5, 5.41) is 12.5. The van der Waals surface area contributed by atoms with Crippen molar-refractivity contribution in [3.8, 4) is 0 Å². The Bertz CT molecular complexity index is 335. The summed E-state index contributed by atoms with van der Waals surface area (Å²) in [6.07, 6.45) is 3.74. The van der Waals surface area contributed by atoms with Gasteiger partial charge in [0.15, 0.2) is 0 Å². The number of aliphatic carboxylic acids is 1. The Morgan fingerprint density at radius 3 is 2.75 bits per heavy atom. The minimum atomic E-state index is -0.735. The van der Waals surface area contributed by atoms with E-state index in [1.807, 2.05) is 13.8 Å². The van der Waals surface area contributed by atoms with Crippen molar-refractivity contribution in [2.45, 2.75) is 51.2 Å². The smallest absolute Gasteiger partial charge is 0.322 e. The average molecular weight is 283 g/mol. The number of nitrogens with zero attached hydrogens (tertiary/aromatic N) is 2. The summed E-state index contributed by atoms with van der Waals surface area (Å²) < 4.78 is 0. The molecule has 3 unspecified atom stereocenters. The Labute approximate surface area is 122 Å². The summed E-state index contributed by atoms with van der Waals surface area (Å²) in [7, 11) is 2.23. The third kappa shape index (κ3) is 3.93. The van der Waals surface area contributed by atoms with Crippen LogP contribution in [-0.4, -0.2) is 72.2 Å². The number of carboxylic acids is 1. The first-order chi connectivity index (χ1) is 9.47. The van der Waals surface area contributed by atoms with E-state index in [-0.39, 0.29) is 6.04 Å². The maximum Gasteiger partial charge on any atom is 0.322 e. The van der Waals surface area contributed by atoms with E-state index in [0.717, 1.165) is 19.0 Å². The quantitative estimate of drug-likeness (QED) is 0.783. The van der Waals surface area contributed by atoms with Crippen LogP contribution < -0.4 is 5.32 Å². The largest absolute Gasteiger partial charge is 0.480 e. The van der Waals surface area contributed by atoms with E-state index in [1.54, 1.807) is 0 Å². The fourth-order valence-electron chi connectivity index (χ4n) is 3.76. The number of likely N-dealkylation sites (tertiary alicyclic amines) is 2. The second kappa shape index (κ2) is 6.87. The molecule has 20 heavy (non-hydrogen) atoms. The maximum atomic E-state index is 11.3. The highest BCUT2D eigenvalue weighted by Gasteiger charge is 2.35. The minimum absolute atomic E-state index is 0.203. The first kappa shape index (κ1) is 15.7. The zero-order valence-electron chi connectivity index (χ0n) is 13.0. The molecule has 116 valence electrons. The van der Waals surface area contributed by atoms with Crippen LogP contribution in [0.3, 0.4) is 0 Å². The molecule has 5 heteroatoms. The van der Waals surface area contributed by atoms with Crippen LogP contribution in [0.5, 0.6) is 0 Å². The van der Waals surface area contributed by atoms with Gasteiger partial charge in [0.25, 0.3) is 0 Å². The van der Waals surface area contributed by atoms with Gasteiger partial charge in [-0.15, -0.1) is 0 Å². The van der Waals surface area contributed by atoms with Crippen LogP contribution >= 0.6 is 0 Å². The molecule has 0 aromatic carbocycles. The van der Waals surface area contributed by atoms with Crippen LogP contribution in [0.4, 0.5) is 0 Å². The van der Waals surface area contributed by atoms with E-state index in [9.17, 15) is 9.90 Å². The molecule has 0 radical (unpaired) electrons. The first-order valence-electron chi connectivity index (χ1n) is 7.89. The van der Waals surface area contributed by atoms with Crippen LogP contribution in [0, 0.1) is 5.92 Å². The van der Waals surface area contributed by atoms with E-state index < -0.39 is 12.0 Å².